The van der Waals surface area contributed by atoms with E-state index in [1.54, 1.807) is 0 Å². The van der Waals surface area contributed by atoms with Gasteiger partial charge in [0, 0.05) is 31.9 Å². The Bertz CT molecular complexity index is 811. The summed E-state index contributed by atoms with van der Waals surface area (Å²) < 4.78 is 0. The molecule has 1 N–H and O–H groups in total. The maximum absolute atomic E-state index is 13.5. The topological polar surface area (TPSA) is 35.6 Å². The zero-order valence-electron chi connectivity index (χ0n) is 15.0. The van der Waals surface area contributed by atoms with Gasteiger partial charge in [0.1, 0.15) is 6.04 Å². The SMILES string of the molecule is O=C(NC12CCN(CC1)C2)C(c1ccccc1)N1CCc2ccccc21. The first-order valence-electron chi connectivity index (χ1n) is 9.68. The Balaban J connectivity index is 1.48. The highest BCUT2D eigenvalue weighted by atomic mass is 16.2. The predicted octanol–water partition coefficient (Wildman–Crippen LogP) is 2.75. The smallest absolute Gasteiger partial charge is 0.247 e. The van der Waals surface area contributed by atoms with Crippen LogP contribution in [0.4, 0.5) is 5.69 Å². The van der Waals surface area contributed by atoms with Crippen LogP contribution in [0.1, 0.15) is 30.0 Å². The lowest BCUT2D eigenvalue weighted by Crippen LogP contribution is -2.52. The van der Waals surface area contributed by atoms with Crippen LogP contribution in [0.15, 0.2) is 54.6 Å². The summed E-state index contributed by atoms with van der Waals surface area (Å²) in [5, 5.41) is 3.47. The molecular weight excluding hydrogens is 322 g/mol. The second-order valence-corrected chi connectivity index (χ2v) is 7.93. The number of fused-ring (bicyclic) bond motifs is 3. The van der Waals surface area contributed by atoms with Crippen molar-refractivity contribution in [1.29, 1.82) is 0 Å². The molecule has 134 valence electrons. The van der Waals surface area contributed by atoms with Crippen LogP contribution >= 0.6 is 0 Å². The van der Waals surface area contributed by atoms with E-state index in [9.17, 15) is 4.79 Å². The summed E-state index contributed by atoms with van der Waals surface area (Å²) in [6, 6.07) is 18.5. The van der Waals surface area contributed by atoms with Gasteiger partial charge in [-0.2, -0.15) is 0 Å². The lowest BCUT2D eigenvalue weighted by atomic mass is 9.93. The van der Waals surface area contributed by atoms with Gasteiger partial charge in [0.25, 0.3) is 0 Å². The molecule has 1 unspecified atom stereocenters. The Hall–Kier alpha value is -2.33. The third kappa shape index (κ3) is 2.60. The number of benzene rings is 2. The van der Waals surface area contributed by atoms with E-state index in [0.717, 1.165) is 51.0 Å². The van der Waals surface area contributed by atoms with Gasteiger partial charge < -0.3 is 15.1 Å². The van der Waals surface area contributed by atoms with Crippen LogP contribution in [-0.4, -0.2) is 42.5 Å². The highest BCUT2D eigenvalue weighted by Crippen LogP contribution is 2.37. The van der Waals surface area contributed by atoms with Gasteiger partial charge in [0.2, 0.25) is 5.91 Å². The quantitative estimate of drug-likeness (QED) is 0.924. The first-order valence-corrected chi connectivity index (χ1v) is 9.68. The molecule has 1 amide bonds. The molecule has 4 heteroatoms. The minimum absolute atomic E-state index is 0.0106. The van der Waals surface area contributed by atoms with Crippen LogP contribution in [0.5, 0.6) is 0 Å². The van der Waals surface area contributed by atoms with E-state index in [4.69, 9.17) is 0 Å². The van der Waals surface area contributed by atoms with Gasteiger partial charge in [-0.15, -0.1) is 0 Å². The zero-order valence-corrected chi connectivity index (χ0v) is 15.0. The molecule has 4 nitrogen and oxygen atoms in total. The first-order chi connectivity index (χ1) is 12.7. The molecule has 0 aliphatic carbocycles. The minimum Gasteiger partial charge on any atom is -0.355 e. The third-order valence-electron chi connectivity index (χ3n) is 6.33. The standard InChI is InChI=1S/C22H25N3O/c26-21(23-22-11-14-24(16-22)15-12-22)20(18-7-2-1-3-8-18)25-13-10-17-6-4-5-9-19(17)25/h1-9,20H,10-16H2,(H,23,26). The van der Waals surface area contributed by atoms with Crippen LogP contribution in [0.25, 0.3) is 0 Å². The number of carbonyl (C=O) groups excluding carboxylic acids is 1. The molecule has 2 fully saturated rings. The van der Waals surface area contributed by atoms with Crippen molar-refractivity contribution >= 4 is 11.6 Å². The Kier molecular flexibility index (Phi) is 3.75. The molecule has 0 saturated carbocycles. The van der Waals surface area contributed by atoms with E-state index in [2.05, 4.69) is 51.5 Å². The van der Waals surface area contributed by atoms with Gasteiger partial charge in [-0.05, 0) is 36.5 Å². The van der Waals surface area contributed by atoms with Crippen LogP contribution in [-0.2, 0) is 11.2 Å². The Labute approximate surface area is 154 Å². The zero-order chi connectivity index (χ0) is 17.6. The summed E-state index contributed by atoms with van der Waals surface area (Å²) in [6.45, 7) is 4.13. The van der Waals surface area contributed by atoms with Gasteiger partial charge >= 0.3 is 0 Å². The highest BCUT2D eigenvalue weighted by Gasteiger charge is 2.46. The Morgan fingerprint density at radius 2 is 1.69 bits per heavy atom. The highest BCUT2D eigenvalue weighted by molar-refractivity contribution is 5.88. The van der Waals surface area contributed by atoms with Crippen molar-refractivity contribution in [2.75, 3.05) is 31.1 Å². The molecule has 5 rings (SSSR count). The molecular formula is C22H25N3O. The van der Waals surface area contributed by atoms with E-state index in [-0.39, 0.29) is 17.5 Å². The summed E-state index contributed by atoms with van der Waals surface area (Å²) in [7, 11) is 0. The second kappa shape index (κ2) is 6.13. The van der Waals surface area contributed by atoms with Gasteiger partial charge in [0.05, 0.1) is 5.54 Å². The number of amides is 1. The average molecular weight is 347 g/mol. The van der Waals surface area contributed by atoms with E-state index >= 15 is 0 Å². The summed E-state index contributed by atoms with van der Waals surface area (Å²) in [6.07, 6.45) is 3.17. The fourth-order valence-electron chi connectivity index (χ4n) is 4.96. The van der Waals surface area contributed by atoms with Crippen molar-refractivity contribution in [3.05, 3.63) is 65.7 Å². The monoisotopic (exact) mass is 347 g/mol. The molecule has 3 aliphatic rings. The van der Waals surface area contributed by atoms with Crippen molar-refractivity contribution in [2.24, 2.45) is 0 Å². The lowest BCUT2D eigenvalue weighted by Gasteiger charge is -2.34. The molecule has 2 saturated heterocycles. The maximum Gasteiger partial charge on any atom is 0.247 e. The second-order valence-electron chi connectivity index (χ2n) is 7.93. The fraction of sp³-hybridized carbons (Fsp3) is 0.409. The number of piperidine rings is 1. The van der Waals surface area contributed by atoms with Crippen molar-refractivity contribution in [2.45, 2.75) is 30.8 Å². The van der Waals surface area contributed by atoms with Crippen LogP contribution in [0.3, 0.4) is 0 Å². The van der Waals surface area contributed by atoms with Crippen LogP contribution in [0, 0.1) is 0 Å². The average Bonchev–Trinajstić information content (AvgIpc) is 3.38. The normalized spacial score (nSPS) is 27.4. The molecule has 0 aromatic heterocycles. The number of hydrogen-bond donors (Lipinski definition) is 1. The van der Waals surface area contributed by atoms with Gasteiger partial charge in [-0.25, -0.2) is 0 Å². The number of nitrogens with one attached hydrogen (secondary N) is 1. The minimum atomic E-state index is -0.260. The van der Waals surface area contributed by atoms with E-state index in [1.165, 1.54) is 11.3 Å². The van der Waals surface area contributed by atoms with Gasteiger partial charge in [-0.1, -0.05) is 48.5 Å². The third-order valence-corrected chi connectivity index (χ3v) is 6.33. The summed E-state index contributed by atoms with van der Waals surface area (Å²) in [5.41, 5.74) is 3.61. The largest absolute Gasteiger partial charge is 0.355 e. The number of rotatable bonds is 4. The van der Waals surface area contributed by atoms with Crippen LogP contribution < -0.4 is 10.2 Å². The number of para-hydroxylation sites is 1. The summed E-state index contributed by atoms with van der Waals surface area (Å²) in [5.74, 6) is 0.150. The Morgan fingerprint density at radius 3 is 2.42 bits per heavy atom. The van der Waals surface area contributed by atoms with E-state index in [0.29, 0.717) is 0 Å². The number of carbonyl (C=O) groups is 1. The molecule has 1 atom stereocenters. The molecule has 2 bridgehead atoms. The molecule has 2 aromatic carbocycles. The van der Waals surface area contributed by atoms with Crippen LogP contribution in [0.2, 0.25) is 0 Å². The van der Waals surface area contributed by atoms with Gasteiger partial charge in [0.15, 0.2) is 0 Å². The lowest BCUT2D eigenvalue weighted by molar-refractivity contribution is -0.124. The van der Waals surface area contributed by atoms with E-state index < -0.39 is 0 Å². The molecule has 0 spiro atoms. The molecule has 3 aliphatic heterocycles. The van der Waals surface area contributed by atoms with Crippen molar-refractivity contribution < 1.29 is 4.79 Å². The first kappa shape index (κ1) is 15.9. The Morgan fingerprint density at radius 1 is 0.962 bits per heavy atom. The molecule has 26 heavy (non-hydrogen) atoms. The number of hydrogen-bond acceptors (Lipinski definition) is 3. The van der Waals surface area contributed by atoms with Gasteiger partial charge in [-0.3, -0.25) is 4.79 Å². The number of anilines is 1. The van der Waals surface area contributed by atoms with Crippen molar-refractivity contribution in [3.63, 3.8) is 0 Å². The summed E-state index contributed by atoms with van der Waals surface area (Å²) >= 11 is 0. The van der Waals surface area contributed by atoms with E-state index in [1.807, 2.05) is 18.2 Å². The molecule has 0 radical (unpaired) electrons. The molecule has 3 heterocycles. The summed E-state index contributed by atoms with van der Waals surface area (Å²) in [4.78, 5) is 18.3. The predicted molar refractivity (Wildman–Crippen MR) is 103 cm³/mol. The maximum atomic E-state index is 13.5. The van der Waals surface area contributed by atoms with Crippen molar-refractivity contribution in [1.82, 2.24) is 10.2 Å². The number of nitrogens with zero attached hydrogens (tertiary/aromatic N) is 2. The van der Waals surface area contributed by atoms with Crippen molar-refractivity contribution in [3.8, 4) is 0 Å². The fourth-order valence-corrected chi connectivity index (χ4v) is 4.96. The molecule has 2 aromatic rings.